The fraction of sp³-hybridized carbons (Fsp3) is 0.500. The van der Waals surface area contributed by atoms with Gasteiger partial charge in [0.2, 0.25) is 0 Å². The number of nitrogens with one attached hydrogen (secondary N) is 1. The summed E-state index contributed by atoms with van der Waals surface area (Å²) in [5.74, 6) is -0.0446. The summed E-state index contributed by atoms with van der Waals surface area (Å²) in [5, 5.41) is 12.4. The lowest BCUT2D eigenvalue weighted by molar-refractivity contribution is 0.0912. The van der Waals surface area contributed by atoms with Gasteiger partial charge in [-0.25, -0.2) is 4.98 Å². The zero-order valence-electron chi connectivity index (χ0n) is 9.60. The molecule has 0 radical (unpaired) electrons. The zero-order valence-corrected chi connectivity index (χ0v) is 9.60. The third-order valence-corrected chi connectivity index (χ3v) is 3.16. The number of carbonyl (C=O) groups excluding carboxylic acids is 1. The van der Waals surface area contributed by atoms with Crippen molar-refractivity contribution in [1.29, 1.82) is 0 Å². The van der Waals surface area contributed by atoms with Crippen LogP contribution in [0.1, 0.15) is 29.8 Å². The topological polar surface area (TPSA) is 88.2 Å². The summed E-state index contributed by atoms with van der Waals surface area (Å²) < 4.78 is 0. The minimum atomic E-state index is -0.283. The average molecular weight is 235 g/mol. The van der Waals surface area contributed by atoms with Crippen molar-refractivity contribution in [1.82, 2.24) is 10.3 Å². The van der Waals surface area contributed by atoms with Crippen LogP contribution in [-0.4, -0.2) is 28.6 Å². The Kier molecular flexibility index (Phi) is 3.58. The summed E-state index contributed by atoms with van der Waals surface area (Å²) in [6.07, 6.45) is 4.01. The van der Waals surface area contributed by atoms with Crippen LogP contribution in [-0.2, 0) is 0 Å². The van der Waals surface area contributed by atoms with Crippen molar-refractivity contribution in [3.8, 4) is 0 Å². The summed E-state index contributed by atoms with van der Waals surface area (Å²) in [7, 11) is 0. The summed E-state index contributed by atoms with van der Waals surface area (Å²) in [6.45, 7) is 0.506. The predicted octanol–water partition coefficient (Wildman–Crippen LogP) is 0.555. The molecule has 0 aliphatic heterocycles. The summed E-state index contributed by atoms with van der Waals surface area (Å²) in [6, 6.07) is 3.24. The first-order chi connectivity index (χ1) is 8.16. The standard InChI is InChI=1S/C12H17N3O2/c13-9-4-5-10(14-7-9)12(17)15-6-8-2-1-3-11(8)16/h4-5,7-8,11,16H,1-3,6,13H2,(H,15,17). The molecule has 5 heteroatoms. The summed E-state index contributed by atoms with van der Waals surface area (Å²) in [4.78, 5) is 15.7. The molecule has 17 heavy (non-hydrogen) atoms. The normalized spacial score (nSPS) is 23.6. The lowest BCUT2D eigenvalue weighted by atomic mass is 10.1. The number of pyridine rings is 1. The molecule has 1 aromatic rings. The first-order valence-electron chi connectivity index (χ1n) is 5.84. The molecular formula is C12H17N3O2. The molecule has 1 amide bonds. The highest BCUT2D eigenvalue weighted by atomic mass is 16.3. The second kappa shape index (κ2) is 5.14. The van der Waals surface area contributed by atoms with Crippen LogP contribution in [0.25, 0.3) is 0 Å². The van der Waals surface area contributed by atoms with Crippen LogP contribution in [0.2, 0.25) is 0 Å². The van der Waals surface area contributed by atoms with Gasteiger partial charge in [0.15, 0.2) is 0 Å². The van der Waals surface area contributed by atoms with Crippen LogP contribution in [0.4, 0.5) is 5.69 Å². The van der Waals surface area contributed by atoms with Crippen LogP contribution in [0.5, 0.6) is 0 Å². The van der Waals surface area contributed by atoms with E-state index in [0.29, 0.717) is 17.9 Å². The number of rotatable bonds is 3. The predicted molar refractivity (Wildman–Crippen MR) is 64.3 cm³/mol. The lowest BCUT2D eigenvalue weighted by Gasteiger charge is -2.14. The van der Waals surface area contributed by atoms with Gasteiger partial charge in [0.25, 0.3) is 5.91 Å². The second-order valence-corrected chi connectivity index (χ2v) is 4.45. The Hall–Kier alpha value is -1.62. The van der Waals surface area contributed by atoms with Crippen molar-refractivity contribution in [2.24, 2.45) is 5.92 Å². The molecule has 1 aliphatic carbocycles. The number of amides is 1. The molecule has 2 rings (SSSR count). The molecule has 5 nitrogen and oxygen atoms in total. The van der Waals surface area contributed by atoms with Gasteiger partial charge in [-0.3, -0.25) is 4.79 Å². The molecule has 0 spiro atoms. The largest absolute Gasteiger partial charge is 0.397 e. The Morgan fingerprint density at radius 3 is 2.94 bits per heavy atom. The van der Waals surface area contributed by atoms with Gasteiger partial charge >= 0.3 is 0 Å². The molecule has 1 fully saturated rings. The number of nitrogen functional groups attached to an aromatic ring is 1. The number of aliphatic hydroxyl groups excluding tert-OH is 1. The fourth-order valence-electron chi connectivity index (χ4n) is 2.11. The fourth-order valence-corrected chi connectivity index (χ4v) is 2.11. The highest BCUT2D eigenvalue weighted by Gasteiger charge is 2.25. The number of aliphatic hydroxyl groups is 1. The Morgan fingerprint density at radius 1 is 1.53 bits per heavy atom. The maximum absolute atomic E-state index is 11.7. The average Bonchev–Trinajstić information content (AvgIpc) is 2.73. The number of nitrogens with two attached hydrogens (primary N) is 1. The SMILES string of the molecule is Nc1ccc(C(=O)NCC2CCCC2O)nc1. The number of nitrogens with zero attached hydrogens (tertiary/aromatic N) is 1. The molecule has 92 valence electrons. The molecule has 2 unspecified atom stereocenters. The molecule has 1 saturated carbocycles. The first kappa shape index (κ1) is 11.9. The molecular weight excluding hydrogens is 218 g/mol. The van der Waals surface area contributed by atoms with Gasteiger partial charge in [0.05, 0.1) is 18.0 Å². The highest BCUT2D eigenvalue weighted by Crippen LogP contribution is 2.24. The Bertz CT molecular complexity index is 391. The van der Waals surface area contributed by atoms with Gasteiger partial charge in [-0.15, -0.1) is 0 Å². The minimum absolute atomic E-state index is 0.174. The van der Waals surface area contributed by atoms with E-state index in [1.165, 1.54) is 6.20 Å². The minimum Gasteiger partial charge on any atom is -0.397 e. The number of anilines is 1. The van der Waals surface area contributed by atoms with E-state index in [4.69, 9.17) is 5.73 Å². The van der Waals surface area contributed by atoms with Crippen molar-refractivity contribution in [2.45, 2.75) is 25.4 Å². The molecule has 0 saturated heterocycles. The van der Waals surface area contributed by atoms with E-state index < -0.39 is 0 Å². The molecule has 0 aromatic carbocycles. The molecule has 1 heterocycles. The Labute approximate surface area is 100 Å². The number of carbonyl (C=O) groups is 1. The number of hydrogen-bond donors (Lipinski definition) is 3. The van der Waals surface area contributed by atoms with E-state index >= 15 is 0 Å². The molecule has 1 aliphatic rings. The maximum atomic E-state index is 11.7. The van der Waals surface area contributed by atoms with Gasteiger partial charge in [-0.05, 0) is 25.0 Å². The Balaban J connectivity index is 1.87. The van der Waals surface area contributed by atoms with Gasteiger partial charge in [0, 0.05) is 12.5 Å². The zero-order chi connectivity index (χ0) is 12.3. The van der Waals surface area contributed by atoms with Crippen molar-refractivity contribution >= 4 is 11.6 Å². The van der Waals surface area contributed by atoms with Gasteiger partial charge in [-0.2, -0.15) is 0 Å². The van der Waals surface area contributed by atoms with Crippen molar-refractivity contribution < 1.29 is 9.90 Å². The van der Waals surface area contributed by atoms with E-state index in [2.05, 4.69) is 10.3 Å². The molecule has 4 N–H and O–H groups in total. The quantitative estimate of drug-likeness (QED) is 0.714. The maximum Gasteiger partial charge on any atom is 0.269 e. The van der Waals surface area contributed by atoms with E-state index in [1.807, 2.05) is 0 Å². The van der Waals surface area contributed by atoms with Crippen LogP contribution in [0, 0.1) is 5.92 Å². The second-order valence-electron chi connectivity index (χ2n) is 4.45. The first-order valence-corrected chi connectivity index (χ1v) is 5.84. The van der Waals surface area contributed by atoms with Crippen molar-refractivity contribution in [2.75, 3.05) is 12.3 Å². The Morgan fingerprint density at radius 2 is 2.35 bits per heavy atom. The third-order valence-electron chi connectivity index (χ3n) is 3.16. The monoisotopic (exact) mass is 235 g/mol. The van der Waals surface area contributed by atoms with E-state index in [-0.39, 0.29) is 17.9 Å². The van der Waals surface area contributed by atoms with E-state index in [9.17, 15) is 9.90 Å². The van der Waals surface area contributed by atoms with Crippen LogP contribution in [0.3, 0.4) is 0 Å². The van der Waals surface area contributed by atoms with E-state index in [0.717, 1.165) is 19.3 Å². The molecule has 0 bridgehead atoms. The molecule has 2 atom stereocenters. The van der Waals surface area contributed by atoms with Gasteiger partial charge in [0.1, 0.15) is 5.69 Å². The third kappa shape index (κ3) is 2.94. The van der Waals surface area contributed by atoms with Crippen LogP contribution >= 0.6 is 0 Å². The molecule has 1 aromatic heterocycles. The van der Waals surface area contributed by atoms with Crippen LogP contribution in [0.15, 0.2) is 18.3 Å². The summed E-state index contributed by atoms with van der Waals surface area (Å²) >= 11 is 0. The number of aromatic nitrogens is 1. The van der Waals surface area contributed by atoms with Gasteiger partial charge < -0.3 is 16.2 Å². The number of hydrogen-bond acceptors (Lipinski definition) is 4. The smallest absolute Gasteiger partial charge is 0.269 e. The van der Waals surface area contributed by atoms with Gasteiger partial charge in [-0.1, -0.05) is 6.42 Å². The van der Waals surface area contributed by atoms with Crippen molar-refractivity contribution in [3.05, 3.63) is 24.0 Å². The van der Waals surface area contributed by atoms with Crippen molar-refractivity contribution in [3.63, 3.8) is 0 Å². The highest BCUT2D eigenvalue weighted by molar-refractivity contribution is 5.92. The van der Waals surface area contributed by atoms with Crippen LogP contribution < -0.4 is 11.1 Å². The van der Waals surface area contributed by atoms with E-state index in [1.54, 1.807) is 12.1 Å². The lowest BCUT2D eigenvalue weighted by Crippen LogP contribution is -2.32. The summed E-state index contributed by atoms with van der Waals surface area (Å²) in [5.41, 5.74) is 6.38.